The molecule has 3 rings (SSSR count). The molecule has 5 heteroatoms. The van der Waals surface area contributed by atoms with Gasteiger partial charge in [-0.2, -0.15) is 0 Å². The Bertz CT molecular complexity index is 759. The molecule has 1 fully saturated rings. The minimum Gasteiger partial charge on any atom is -0.481 e. The van der Waals surface area contributed by atoms with E-state index in [0.29, 0.717) is 12.3 Å². The summed E-state index contributed by atoms with van der Waals surface area (Å²) in [6, 6.07) is 14.1. The lowest BCUT2D eigenvalue weighted by molar-refractivity contribution is -0.137. The first-order valence-electron chi connectivity index (χ1n) is 9.04. The van der Waals surface area contributed by atoms with Crippen molar-refractivity contribution >= 4 is 11.6 Å². The molecule has 1 aliphatic heterocycles. The van der Waals surface area contributed by atoms with Gasteiger partial charge in [-0.25, -0.2) is 4.39 Å². The van der Waals surface area contributed by atoms with Gasteiger partial charge < -0.3 is 14.5 Å². The SMILES string of the molecule is CC(Oc1cccc(F)c1)C(=O)N(C)Cc1ccccc1N1CCCC1. The highest BCUT2D eigenvalue weighted by atomic mass is 19.1. The van der Waals surface area contributed by atoms with Gasteiger partial charge in [0, 0.05) is 38.4 Å². The number of nitrogens with zero attached hydrogens (tertiary/aromatic N) is 2. The molecule has 138 valence electrons. The van der Waals surface area contributed by atoms with Crippen molar-refractivity contribution in [2.45, 2.75) is 32.4 Å². The number of hydrogen-bond acceptors (Lipinski definition) is 3. The van der Waals surface area contributed by atoms with E-state index in [2.05, 4.69) is 17.0 Å². The lowest BCUT2D eigenvalue weighted by atomic mass is 10.1. The van der Waals surface area contributed by atoms with Crippen molar-refractivity contribution in [3.05, 3.63) is 59.9 Å². The fourth-order valence-electron chi connectivity index (χ4n) is 3.35. The molecule has 0 radical (unpaired) electrons. The molecular weight excluding hydrogens is 331 g/mol. The first-order chi connectivity index (χ1) is 12.5. The van der Waals surface area contributed by atoms with Gasteiger partial charge in [0.25, 0.3) is 5.91 Å². The highest BCUT2D eigenvalue weighted by molar-refractivity contribution is 5.80. The first-order valence-corrected chi connectivity index (χ1v) is 9.04. The van der Waals surface area contributed by atoms with Crippen molar-refractivity contribution in [2.75, 3.05) is 25.0 Å². The number of likely N-dealkylation sites (N-methyl/N-ethyl adjacent to an activating group) is 1. The van der Waals surface area contributed by atoms with Crippen LogP contribution in [-0.2, 0) is 11.3 Å². The van der Waals surface area contributed by atoms with Gasteiger partial charge in [0.05, 0.1) is 0 Å². The van der Waals surface area contributed by atoms with E-state index in [0.717, 1.165) is 18.7 Å². The Morgan fingerprint density at radius 1 is 1.19 bits per heavy atom. The summed E-state index contributed by atoms with van der Waals surface area (Å²) in [6.45, 7) is 4.33. The number of carbonyl (C=O) groups excluding carboxylic acids is 1. The molecule has 4 nitrogen and oxygen atoms in total. The summed E-state index contributed by atoms with van der Waals surface area (Å²) in [4.78, 5) is 16.7. The summed E-state index contributed by atoms with van der Waals surface area (Å²) in [5.74, 6) is -0.155. The summed E-state index contributed by atoms with van der Waals surface area (Å²) in [6.07, 6.45) is 1.74. The van der Waals surface area contributed by atoms with Crippen LogP contribution >= 0.6 is 0 Å². The quantitative estimate of drug-likeness (QED) is 0.788. The van der Waals surface area contributed by atoms with E-state index in [9.17, 15) is 9.18 Å². The Labute approximate surface area is 154 Å². The average molecular weight is 356 g/mol. The molecular formula is C21H25FN2O2. The maximum atomic E-state index is 13.3. The average Bonchev–Trinajstić information content (AvgIpc) is 3.16. The molecule has 0 saturated carbocycles. The highest BCUT2D eigenvalue weighted by Gasteiger charge is 2.22. The predicted molar refractivity (Wildman–Crippen MR) is 101 cm³/mol. The van der Waals surface area contributed by atoms with Gasteiger partial charge in [0.2, 0.25) is 0 Å². The summed E-state index contributed by atoms with van der Waals surface area (Å²) in [5, 5.41) is 0. The maximum absolute atomic E-state index is 13.3. The highest BCUT2D eigenvalue weighted by Crippen LogP contribution is 2.25. The number of ether oxygens (including phenoxy) is 1. The lowest BCUT2D eigenvalue weighted by Gasteiger charge is -2.26. The van der Waals surface area contributed by atoms with E-state index in [1.165, 1.54) is 30.7 Å². The molecule has 0 bridgehead atoms. The minimum absolute atomic E-state index is 0.134. The van der Waals surface area contributed by atoms with Gasteiger partial charge in [0.1, 0.15) is 11.6 Å². The molecule has 0 aromatic heterocycles. The largest absolute Gasteiger partial charge is 0.481 e. The van der Waals surface area contributed by atoms with Crippen LogP contribution in [0, 0.1) is 5.82 Å². The van der Waals surface area contributed by atoms with Crippen molar-refractivity contribution in [1.29, 1.82) is 0 Å². The standard InChI is InChI=1S/C21H25FN2O2/c1-16(26-19-10-7-9-18(22)14-19)21(25)23(2)15-17-8-3-4-11-20(17)24-12-5-6-13-24/h3-4,7-11,14,16H,5-6,12-13,15H2,1-2H3. The molecule has 1 atom stereocenters. The van der Waals surface area contributed by atoms with Crippen LogP contribution in [-0.4, -0.2) is 37.0 Å². The first kappa shape index (κ1) is 18.2. The van der Waals surface area contributed by atoms with Crippen LogP contribution in [0.3, 0.4) is 0 Å². The van der Waals surface area contributed by atoms with E-state index < -0.39 is 6.10 Å². The molecule has 2 aromatic rings. The number of rotatable bonds is 6. The van der Waals surface area contributed by atoms with Crippen LogP contribution in [0.5, 0.6) is 5.75 Å². The van der Waals surface area contributed by atoms with Gasteiger partial charge in [-0.05, 0) is 43.5 Å². The normalized spacial score (nSPS) is 15.0. The van der Waals surface area contributed by atoms with Crippen LogP contribution in [0.2, 0.25) is 0 Å². The molecule has 1 saturated heterocycles. The summed E-state index contributed by atoms with van der Waals surface area (Å²) < 4.78 is 18.9. The summed E-state index contributed by atoms with van der Waals surface area (Å²) in [7, 11) is 1.77. The van der Waals surface area contributed by atoms with Crippen molar-refractivity contribution in [1.82, 2.24) is 4.90 Å². The van der Waals surface area contributed by atoms with Crippen molar-refractivity contribution < 1.29 is 13.9 Å². The van der Waals surface area contributed by atoms with Gasteiger partial charge in [-0.15, -0.1) is 0 Å². The molecule has 1 aliphatic rings. The Hall–Kier alpha value is -2.56. The van der Waals surface area contributed by atoms with E-state index in [1.54, 1.807) is 31.0 Å². The smallest absolute Gasteiger partial charge is 0.263 e. The number of carbonyl (C=O) groups is 1. The van der Waals surface area contributed by atoms with Gasteiger partial charge >= 0.3 is 0 Å². The van der Waals surface area contributed by atoms with Crippen molar-refractivity contribution in [3.8, 4) is 5.75 Å². The number of para-hydroxylation sites is 1. The van der Waals surface area contributed by atoms with Gasteiger partial charge in [-0.3, -0.25) is 4.79 Å². The number of amides is 1. The third kappa shape index (κ3) is 4.34. The Kier molecular flexibility index (Phi) is 5.76. The monoisotopic (exact) mass is 356 g/mol. The van der Waals surface area contributed by atoms with Crippen molar-refractivity contribution in [3.63, 3.8) is 0 Å². The zero-order valence-electron chi connectivity index (χ0n) is 15.3. The number of halogens is 1. The number of anilines is 1. The molecule has 1 unspecified atom stereocenters. The minimum atomic E-state index is -0.680. The molecule has 0 N–H and O–H groups in total. The molecule has 1 heterocycles. The summed E-state index contributed by atoms with van der Waals surface area (Å²) >= 11 is 0. The Balaban J connectivity index is 1.65. The van der Waals surface area contributed by atoms with Crippen LogP contribution in [0.15, 0.2) is 48.5 Å². The third-order valence-electron chi connectivity index (χ3n) is 4.68. The van der Waals surface area contributed by atoms with Crippen LogP contribution < -0.4 is 9.64 Å². The molecule has 26 heavy (non-hydrogen) atoms. The van der Waals surface area contributed by atoms with E-state index >= 15 is 0 Å². The predicted octanol–water partition coefficient (Wildman–Crippen LogP) is 3.85. The fourth-order valence-corrected chi connectivity index (χ4v) is 3.35. The number of hydrogen-bond donors (Lipinski definition) is 0. The molecule has 2 aromatic carbocycles. The molecule has 0 aliphatic carbocycles. The summed E-state index contributed by atoms with van der Waals surface area (Å²) in [5.41, 5.74) is 2.33. The van der Waals surface area contributed by atoms with Crippen LogP contribution in [0.1, 0.15) is 25.3 Å². The van der Waals surface area contributed by atoms with E-state index in [1.807, 2.05) is 12.1 Å². The fraction of sp³-hybridized carbons (Fsp3) is 0.381. The van der Waals surface area contributed by atoms with Crippen molar-refractivity contribution in [2.24, 2.45) is 0 Å². The Morgan fingerprint density at radius 2 is 1.92 bits per heavy atom. The second-order valence-corrected chi connectivity index (χ2v) is 6.73. The lowest BCUT2D eigenvalue weighted by Crippen LogP contribution is -2.37. The van der Waals surface area contributed by atoms with Gasteiger partial charge in [0.15, 0.2) is 6.10 Å². The zero-order valence-corrected chi connectivity index (χ0v) is 15.3. The van der Waals surface area contributed by atoms with Crippen LogP contribution in [0.4, 0.5) is 10.1 Å². The topological polar surface area (TPSA) is 32.8 Å². The third-order valence-corrected chi connectivity index (χ3v) is 4.68. The van der Waals surface area contributed by atoms with E-state index in [-0.39, 0.29) is 11.7 Å². The Morgan fingerprint density at radius 3 is 2.65 bits per heavy atom. The van der Waals surface area contributed by atoms with Gasteiger partial charge in [-0.1, -0.05) is 24.3 Å². The van der Waals surface area contributed by atoms with Crippen LogP contribution in [0.25, 0.3) is 0 Å². The molecule has 1 amide bonds. The van der Waals surface area contributed by atoms with E-state index in [4.69, 9.17) is 4.74 Å². The second-order valence-electron chi connectivity index (χ2n) is 6.73. The number of benzene rings is 2. The maximum Gasteiger partial charge on any atom is 0.263 e. The second kappa shape index (κ2) is 8.21. The molecule has 0 spiro atoms. The zero-order chi connectivity index (χ0) is 18.5.